The third-order valence-corrected chi connectivity index (χ3v) is 5.05. The van der Waals surface area contributed by atoms with E-state index in [-0.39, 0.29) is 24.8 Å². The number of hydrogen-bond acceptors (Lipinski definition) is 6. The number of hydrazone groups is 1. The molecule has 30 heavy (non-hydrogen) atoms. The molecule has 1 aliphatic heterocycles. The molecule has 3 rings (SSSR count). The van der Waals surface area contributed by atoms with Crippen LogP contribution in [0.4, 0.5) is 4.79 Å². The summed E-state index contributed by atoms with van der Waals surface area (Å²) in [5, 5.41) is 10.5. The molecule has 1 fully saturated rings. The van der Waals surface area contributed by atoms with E-state index < -0.39 is 24.5 Å². The highest BCUT2D eigenvalue weighted by molar-refractivity contribution is 6.02. The quantitative estimate of drug-likeness (QED) is 0.659. The molecule has 0 saturated heterocycles. The lowest BCUT2D eigenvalue weighted by Gasteiger charge is -2.12. The van der Waals surface area contributed by atoms with Gasteiger partial charge in [0.05, 0.1) is 18.7 Å². The van der Waals surface area contributed by atoms with Crippen LogP contribution in [0.5, 0.6) is 0 Å². The predicted molar refractivity (Wildman–Crippen MR) is 108 cm³/mol. The molecule has 1 aliphatic carbocycles. The van der Waals surface area contributed by atoms with Crippen LogP contribution >= 0.6 is 0 Å². The van der Waals surface area contributed by atoms with E-state index in [1.165, 1.54) is 5.01 Å². The van der Waals surface area contributed by atoms with Crippen molar-refractivity contribution in [1.82, 2.24) is 15.6 Å². The highest BCUT2D eigenvalue weighted by atomic mass is 16.5. The number of nitrogens with zero attached hydrogens (tertiary/aromatic N) is 2. The summed E-state index contributed by atoms with van der Waals surface area (Å²) >= 11 is 0. The highest BCUT2D eigenvalue weighted by Gasteiger charge is 2.23. The topological polar surface area (TPSA) is 117 Å². The lowest BCUT2D eigenvalue weighted by Crippen LogP contribution is -2.45. The molecule has 2 aliphatic rings. The molecule has 0 atom stereocenters. The van der Waals surface area contributed by atoms with E-state index >= 15 is 0 Å². The summed E-state index contributed by atoms with van der Waals surface area (Å²) in [7, 11) is 0. The number of carbonyl (C=O) groups excluding carboxylic acids is 4. The van der Waals surface area contributed by atoms with Crippen LogP contribution in [-0.4, -0.2) is 53.7 Å². The second kappa shape index (κ2) is 10.5. The number of imide groups is 1. The molecule has 1 aromatic rings. The minimum absolute atomic E-state index is 0.0613. The maximum Gasteiger partial charge on any atom is 0.321 e. The molecule has 0 unspecified atom stereocenters. The Morgan fingerprint density at radius 2 is 1.80 bits per heavy atom. The average Bonchev–Trinajstić information content (AvgIpc) is 3.43. The number of hydrogen-bond donors (Lipinski definition) is 2. The fourth-order valence-corrected chi connectivity index (χ4v) is 3.48. The Morgan fingerprint density at radius 1 is 1.07 bits per heavy atom. The Kier molecular flexibility index (Phi) is 7.53. The number of nitrogens with one attached hydrogen (secondary N) is 2. The molecule has 4 amide bonds. The molecule has 0 radical (unpaired) electrons. The van der Waals surface area contributed by atoms with Crippen LogP contribution < -0.4 is 10.6 Å². The van der Waals surface area contributed by atoms with Gasteiger partial charge in [-0.3, -0.25) is 19.7 Å². The third kappa shape index (κ3) is 6.40. The van der Waals surface area contributed by atoms with Gasteiger partial charge in [0, 0.05) is 18.9 Å². The van der Waals surface area contributed by atoms with Crippen molar-refractivity contribution in [1.29, 1.82) is 0 Å². The van der Waals surface area contributed by atoms with E-state index in [0.717, 1.165) is 37.0 Å². The summed E-state index contributed by atoms with van der Waals surface area (Å²) in [4.78, 5) is 47.5. The molecule has 0 bridgehead atoms. The Morgan fingerprint density at radius 3 is 2.53 bits per heavy atom. The number of urea groups is 1. The summed E-state index contributed by atoms with van der Waals surface area (Å²) in [6.07, 6.45) is 4.36. The molecule has 1 aromatic carbocycles. The molecule has 160 valence electrons. The molecule has 2 N–H and O–H groups in total. The van der Waals surface area contributed by atoms with Crippen molar-refractivity contribution < 1.29 is 23.9 Å². The zero-order chi connectivity index (χ0) is 21.3. The summed E-state index contributed by atoms with van der Waals surface area (Å²) < 4.78 is 4.84. The number of amides is 4. The van der Waals surface area contributed by atoms with Crippen LogP contribution in [0, 0.1) is 0 Å². The van der Waals surface area contributed by atoms with E-state index in [1.54, 1.807) is 0 Å². The van der Waals surface area contributed by atoms with Gasteiger partial charge in [0.25, 0.3) is 5.91 Å². The first-order valence-corrected chi connectivity index (χ1v) is 10.2. The van der Waals surface area contributed by atoms with Gasteiger partial charge < -0.3 is 10.1 Å². The molecular formula is C21H26N4O5. The molecule has 9 nitrogen and oxygen atoms in total. The van der Waals surface area contributed by atoms with Crippen molar-refractivity contribution in [2.45, 2.75) is 51.0 Å². The van der Waals surface area contributed by atoms with Gasteiger partial charge in [0.1, 0.15) is 0 Å². The zero-order valence-corrected chi connectivity index (χ0v) is 16.8. The fourth-order valence-electron chi connectivity index (χ4n) is 3.48. The Labute approximate surface area is 174 Å². The van der Waals surface area contributed by atoms with E-state index in [0.29, 0.717) is 13.0 Å². The normalized spacial score (nSPS) is 16.1. The first-order chi connectivity index (χ1) is 14.5. The van der Waals surface area contributed by atoms with E-state index in [4.69, 9.17) is 4.74 Å². The average molecular weight is 414 g/mol. The van der Waals surface area contributed by atoms with Gasteiger partial charge in [-0.25, -0.2) is 9.80 Å². The number of rotatable bonds is 7. The van der Waals surface area contributed by atoms with E-state index in [9.17, 15) is 19.2 Å². The summed E-state index contributed by atoms with van der Waals surface area (Å²) in [6, 6.07) is 9.10. The summed E-state index contributed by atoms with van der Waals surface area (Å²) in [6.45, 7) is -0.0955. The van der Waals surface area contributed by atoms with Crippen molar-refractivity contribution in [2.75, 3.05) is 13.2 Å². The SMILES string of the molecule is O=C(COC(=O)CCC(=O)N1CCC(c2ccccc2)=N1)NC(=O)NC1CCCC1. The largest absolute Gasteiger partial charge is 0.456 e. The second-order valence-corrected chi connectivity index (χ2v) is 7.34. The first kappa shape index (κ1) is 21.5. The van der Waals surface area contributed by atoms with Crippen molar-refractivity contribution >= 4 is 29.5 Å². The number of esters is 1. The van der Waals surface area contributed by atoms with Crippen LogP contribution in [0.2, 0.25) is 0 Å². The van der Waals surface area contributed by atoms with Gasteiger partial charge in [0.2, 0.25) is 5.91 Å². The monoisotopic (exact) mass is 414 g/mol. The van der Waals surface area contributed by atoms with Gasteiger partial charge in [-0.15, -0.1) is 0 Å². The zero-order valence-electron chi connectivity index (χ0n) is 16.8. The van der Waals surface area contributed by atoms with Crippen molar-refractivity contribution in [3.05, 3.63) is 35.9 Å². The fraction of sp³-hybridized carbons (Fsp3) is 0.476. The molecule has 1 saturated carbocycles. The predicted octanol–water partition coefficient (Wildman–Crippen LogP) is 1.71. The van der Waals surface area contributed by atoms with Gasteiger partial charge in [-0.2, -0.15) is 5.10 Å². The first-order valence-electron chi connectivity index (χ1n) is 10.2. The lowest BCUT2D eigenvalue weighted by molar-refractivity contribution is -0.149. The highest BCUT2D eigenvalue weighted by Crippen LogP contribution is 2.17. The van der Waals surface area contributed by atoms with Crippen LogP contribution in [-0.2, 0) is 19.1 Å². The molecule has 0 aromatic heterocycles. The lowest BCUT2D eigenvalue weighted by atomic mass is 10.1. The third-order valence-electron chi connectivity index (χ3n) is 5.05. The van der Waals surface area contributed by atoms with Crippen LogP contribution in [0.3, 0.4) is 0 Å². The van der Waals surface area contributed by atoms with Gasteiger partial charge in [-0.05, 0) is 18.4 Å². The second-order valence-electron chi connectivity index (χ2n) is 7.34. The van der Waals surface area contributed by atoms with Gasteiger partial charge in [-0.1, -0.05) is 43.2 Å². The number of ether oxygens (including phenoxy) is 1. The maximum atomic E-state index is 12.3. The molecule has 9 heteroatoms. The minimum atomic E-state index is -0.707. The van der Waals surface area contributed by atoms with Crippen molar-refractivity contribution in [3.63, 3.8) is 0 Å². The van der Waals surface area contributed by atoms with Crippen LogP contribution in [0.15, 0.2) is 35.4 Å². The van der Waals surface area contributed by atoms with E-state index in [1.807, 2.05) is 30.3 Å². The summed E-state index contributed by atoms with van der Waals surface area (Å²) in [5.74, 6) is -1.67. The maximum absolute atomic E-state index is 12.3. The summed E-state index contributed by atoms with van der Waals surface area (Å²) in [5.41, 5.74) is 1.80. The van der Waals surface area contributed by atoms with E-state index in [2.05, 4.69) is 15.7 Å². The smallest absolute Gasteiger partial charge is 0.321 e. The number of benzene rings is 1. The Hall–Kier alpha value is -3.23. The standard InChI is InChI=1S/C21H26N4O5/c26-18(23-21(29)22-16-8-4-5-9-16)14-30-20(28)11-10-19(27)25-13-12-17(24-25)15-6-2-1-3-7-15/h1-3,6-7,16H,4-5,8-14H2,(H2,22,23,26,29). The molecule has 0 spiro atoms. The van der Waals surface area contributed by atoms with Crippen molar-refractivity contribution in [2.24, 2.45) is 5.10 Å². The number of carbonyl (C=O) groups is 4. The molecular weight excluding hydrogens is 388 g/mol. The Balaban J connectivity index is 1.33. The molecule has 1 heterocycles. The Bertz CT molecular complexity index is 818. The van der Waals surface area contributed by atoms with Gasteiger partial charge >= 0.3 is 12.0 Å². The van der Waals surface area contributed by atoms with Gasteiger partial charge in [0.15, 0.2) is 6.61 Å². The minimum Gasteiger partial charge on any atom is -0.456 e. The van der Waals surface area contributed by atoms with Crippen molar-refractivity contribution in [3.8, 4) is 0 Å². The van der Waals surface area contributed by atoms with Crippen LogP contribution in [0.1, 0.15) is 50.5 Å². The van der Waals surface area contributed by atoms with Crippen LogP contribution in [0.25, 0.3) is 0 Å².